The van der Waals surface area contributed by atoms with E-state index in [9.17, 15) is 0 Å². The molecule has 0 saturated carbocycles. The zero-order chi connectivity index (χ0) is 15.7. The second-order valence-corrected chi connectivity index (χ2v) is 6.15. The molecule has 2 N–H and O–H groups in total. The molecule has 4 rings (SSSR count). The first kappa shape index (κ1) is 14.1. The van der Waals surface area contributed by atoms with Gasteiger partial charge in [-0.1, -0.05) is 24.3 Å². The number of hydrogen-bond acceptors (Lipinski definition) is 5. The van der Waals surface area contributed by atoms with Crippen LogP contribution in [0.1, 0.15) is 24.8 Å². The lowest BCUT2D eigenvalue weighted by Gasteiger charge is -2.34. The van der Waals surface area contributed by atoms with Crippen LogP contribution in [0.2, 0.25) is 0 Å². The van der Waals surface area contributed by atoms with Crippen molar-refractivity contribution in [3.05, 3.63) is 48.2 Å². The highest BCUT2D eigenvalue weighted by atomic mass is 16.5. The summed E-state index contributed by atoms with van der Waals surface area (Å²) in [6.07, 6.45) is 9.13. The van der Waals surface area contributed by atoms with Crippen LogP contribution < -0.4 is 15.4 Å². The zero-order valence-corrected chi connectivity index (χ0v) is 13.0. The molecule has 5 heteroatoms. The lowest BCUT2D eigenvalue weighted by Crippen LogP contribution is -2.37. The molecule has 1 atom stereocenters. The average molecular weight is 308 g/mol. The molecule has 0 aliphatic carbocycles. The Kier molecular flexibility index (Phi) is 3.41. The van der Waals surface area contributed by atoms with Crippen LogP contribution in [0.4, 0.5) is 11.8 Å². The van der Waals surface area contributed by atoms with Crippen molar-refractivity contribution in [2.24, 2.45) is 0 Å². The number of aromatic nitrogens is 2. The maximum Gasteiger partial charge on any atom is 0.221 e. The number of anilines is 2. The highest BCUT2D eigenvalue weighted by molar-refractivity contribution is 5.61. The van der Waals surface area contributed by atoms with Crippen LogP contribution >= 0.6 is 0 Å². The third-order valence-corrected chi connectivity index (χ3v) is 4.62. The van der Waals surface area contributed by atoms with Gasteiger partial charge in [-0.25, -0.2) is 4.98 Å². The van der Waals surface area contributed by atoms with E-state index in [0.29, 0.717) is 5.95 Å². The molecule has 1 fully saturated rings. The number of nitrogens with zero attached hydrogens (tertiary/aromatic N) is 3. The van der Waals surface area contributed by atoms with Crippen LogP contribution in [-0.2, 0) is 0 Å². The summed E-state index contributed by atoms with van der Waals surface area (Å²) in [5.41, 5.74) is 6.66. The van der Waals surface area contributed by atoms with E-state index in [1.807, 2.05) is 24.3 Å². The van der Waals surface area contributed by atoms with E-state index in [1.54, 1.807) is 6.20 Å². The van der Waals surface area contributed by atoms with Gasteiger partial charge in [0.25, 0.3) is 0 Å². The van der Waals surface area contributed by atoms with Crippen molar-refractivity contribution in [3.8, 4) is 5.75 Å². The Hall–Kier alpha value is -2.56. The Balaban J connectivity index is 1.54. The molecule has 2 aromatic rings. The first-order valence-electron chi connectivity index (χ1n) is 8.05. The summed E-state index contributed by atoms with van der Waals surface area (Å²) in [5, 5.41) is 0. The molecule has 0 radical (unpaired) electrons. The standard InChI is InChI=1S/C18H20N4O/c19-17-20-11-7-16(21-17)22-12-3-8-18(10-13-22)9-6-14-4-1-2-5-15(14)23-18/h1-2,4-7,9,11H,3,8,10,12-13H2,(H2,19,20,21). The molecule has 5 nitrogen and oxygen atoms in total. The average Bonchev–Trinajstić information content (AvgIpc) is 2.78. The summed E-state index contributed by atoms with van der Waals surface area (Å²) in [6.45, 7) is 1.85. The van der Waals surface area contributed by atoms with Crippen LogP contribution in [-0.4, -0.2) is 28.7 Å². The molecule has 1 spiro atoms. The van der Waals surface area contributed by atoms with Crippen LogP contribution in [0.25, 0.3) is 6.08 Å². The molecule has 1 aromatic carbocycles. The lowest BCUT2D eigenvalue weighted by molar-refractivity contribution is 0.104. The van der Waals surface area contributed by atoms with Gasteiger partial charge in [-0.3, -0.25) is 0 Å². The highest BCUT2D eigenvalue weighted by Gasteiger charge is 2.35. The normalized spacial score (nSPS) is 23.2. The quantitative estimate of drug-likeness (QED) is 0.877. The van der Waals surface area contributed by atoms with E-state index >= 15 is 0 Å². The maximum atomic E-state index is 6.38. The predicted octanol–water partition coefficient (Wildman–Crippen LogP) is 2.89. The van der Waals surface area contributed by atoms with Gasteiger partial charge in [0.05, 0.1) is 0 Å². The van der Waals surface area contributed by atoms with Crippen molar-refractivity contribution in [2.75, 3.05) is 23.7 Å². The van der Waals surface area contributed by atoms with Gasteiger partial charge in [0.2, 0.25) is 5.95 Å². The Labute approximate surface area is 135 Å². The molecule has 0 bridgehead atoms. The minimum Gasteiger partial charge on any atom is -0.483 e. The Morgan fingerprint density at radius 3 is 2.96 bits per heavy atom. The van der Waals surface area contributed by atoms with Gasteiger partial charge in [-0.15, -0.1) is 0 Å². The molecule has 23 heavy (non-hydrogen) atoms. The van der Waals surface area contributed by atoms with Crippen molar-refractivity contribution in [2.45, 2.75) is 24.9 Å². The van der Waals surface area contributed by atoms with Crippen LogP contribution in [0.15, 0.2) is 42.6 Å². The number of benzene rings is 1. The van der Waals surface area contributed by atoms with Crippen molar-refractivity contribution in [1.82, 2.24) is 9.97 Å². The second kappa shape index (κ2) is 5.57. The Morgan fingerprint density at radius 2 is 2.04 bits per heavy atom. The van der Waals surface area contributed by atoms with E-state index in [1.165, 1.54) is 0 Å². The van der Waals surface area contributed by atoms with Crippen molar-refractivity contribution < 1.29 is 4.74 Å². The summed E-state index contributed by atoms with van der Waals surface area (Å²) in [6, 6.07) is 10.1. The van der Waals surface area contributed by atoms with Crippen LogP contribution in [0, 0.1) is 0 Å². The number of fused-ring (bicyclic) bond motifs is 1. The van der Waals surface area contributed by atoms with Gasteiger partial charge in [-0.05, 0) is 31.1 Å². The van der Waals surface area contributed by atoms with Crippen molar-refractivity contribution in [3.63, 3.8) is 0 Å². The van der Waals surface area contributed by atoms with E-state index in [4.69, 9.17) is 10.5 Å². The summed E-state index contributed by atoms with van der Waals surface area (Å²) in [4.78, 5) is 10.6. The lowest BCUT2D eigenvalue weighted by atomic mass is 9.91. The number of ether oxygens (including phenoxy) is 1. The van der Waals surface area contributed by atoms with Crippen molar-refractivity contribution in [1.29, 1.82) is 0 Å². The number of nitrogens with two attached hydrogens (primary N) is 1. The fourth-order valence-corrected chi connectivity index (χ4v) is 3.37. The van der Waals surface area contributed by atoms with E-state index < -0.39 is 0 Å². The minimum absolute atomic E-state index is 0.207. The molecule has 0 amide bonds. The van der Waals surface area contributed by atoms with Gasteiger partial charge in [0.1, 0.15) is 17.2 Å². The smallest absolute Gasteiger partial charge is 0.221 e. The first-order valence-corrected chi connectivity index (χ1v) is 8.05. The molecule has 2 aliphatic heterocycles. The molecular formula is C18H20N4O. The van der Waals surface area contributed by atoms with E-state index in [-0.39, 0.29) is 5.60 Å². The molecule has 3 heterocycles. The molecule has 118 valence electrons. The largest absolute Gasteiger partial charge is 0.483 e. The zero-order valence-electron chi connectivity index (χ0n) is 13.0. The molecule has 1 unspecified atom stereocenters. The van der Waals surface area contributed by atoms with Gasteiger partial charge in [-0.2, -0.15) is 4.98 Å². The van der Waals surface area contributed by atoms with Gasteiger partial charge >= 0.3 is 0 Å². The van der Waals surface area contributed by atoms with Crippen molar-refractivity contribution >= 4 is 17.8 Å². The molecule has 1 aromatic heterocycles. The third-order valence-electron chi connectivity index (χ3n) is 4.62. The summed E-state index contributed by atoms with van der Waals surface area (Å²) < 4.78 is 6.38. The maximum absolute atomic E-state index is 6.38. The molecule has 1 saturated heterocycles. The summed E-state index contributed by atoms with van der Waals surface area (Å²) in [7, 11) is 0. The van der Waals surface area contributed by atoms with Crippen LogP contribution in [0.5, 0.6) is 5.75 Å². The summed E-state index contributed by atoms with van der Waals surface area (Å²) in [5.74, 6) is 2.20. The highest BCUT2D eigenvalue weighted by Crippen LogP contribution is 2.37. The number of nitrogen functional groups attached to an aromatic ring is 1. The van der Waals surface area contributed by atoms with E-state index in [2.05, 4.69) is 33.1 Å². The summed E-state index contributed by atoms with van der Waals surface area (Å²) >= 11 is 0. The topological polar surface area (TPSA) is 64.3 Å². The monoisotopic (exact) mass is 308 g/mol. The fourth-order valence-electron chi connectivity index (χ4n) is 3.37. The first-order chi connectivity index (χ1) is 11.2. The second-order valence-electron chi connectivity index (χ2n) is 6.15. The van der Waals surface area contributed by atoms with Gasteiger partial charge in [0, 0.05) is 31.3 Å². The molecular weight excluding hydrogens is 288 g/mol. The number of para-hydroxylation sites is 1. The Morgan fingerprint density at radius 1 is 1.13 bits per heavy atom. The van der Waals surface area contributed by atoms with Gasteiger partial charge in [0.15, 0.2) is 0 Å². The predicted molar refractivity (Wildman–Crippen MR) is 91.3 cm³/mol. The van der Waals surface area contributed by atoms with Crippen LogP contribution in [0.3, 0.4) is 0 Å². The Bertz CT molecular complexity index is 745. The minimum atomic E-state index is -0.207. The van der Waals surface area contributed by atoms with Gasteiger partial charge < -0.3 is 15.4 Å². The SMILES string of the molecule is Nc1nccc(N2CCCC3(C=Cc4ccccc4O3)CC2)n1. The third kappa shape index (κ3) is 2.74. The number of hydrogen-bond donors (Lipinski definition) is 1. The van der Waals surface area contributed by atoms with E-state index in [0.717, 1.165) is 49.5 Å². The molecule has 2 aliphatic rings. The number of rotatable bonds is 1. The fraction of sp³-hybridized carbons (Fsp3) is 0.333.